The summed E-state index contributed by atoms with van der Waals surface area (Å²) in [6, 6.07) is 4.68. The number of phenols is 1. The number of Topliss-reactive ketones (excluding diaryl/α,β-unsaturated/α-hetero) is 4. The van der Waals surface area contributed by atoms with Gasteiger partial charge in [0, 0.05) is 35.2 Å². The lowest BCUT2D eigenvalue weighted by molar-refractivity contribution is -0.194. The van der Waals surface area contributed by atoms with Gasteiger partial charge in [0.15, 0.2) is 17.2 Å². The molecular formula is C33H42O8. The first-order valence-corrected chi connectivity index (χ1v) is 14.2. The minimum atomic E-state index is -2.80. The fraction of sp³-hybridized carbons (Fsp3) is 0.576. The molecule has 0 aliphatic heterocycles. The molecule has 41 heavy (non-hydrogen) atoms. The Hall–Kier alpha value is -3.26. The summed E-state index contributed by atoms with van der Waals surface area (Å²) in [6.07, 6.45) is 0.0218. The van der Waals surface area contributed by atoms with Gasteiger partial charge in [-0.1, -0.05) is 67.5 Å². The zero-order valence-corrected chi connectivity index (χ0v) is 25.4. The molecule has 0 heterocycles. The van der Waals surface area contributed by atoms with E-state index in [2.05, 4.69) is 0 Å². The number of ketones is 4. The van der Waals surface area contributed by atoms with Crippen LogP contribution in [0.2, 0.25) is 0 Å². The average molecular weight is 567 g/mol. The Balaban J connectivity index is 2.19. The summed E-state index contributed by atoms with van der Waals surface area (Å²) in [5.74, 6) is -7.55. The Bertz CT molecular complexity index is 1440. The second kappa shape index (κ2) is 9.38. The third kappa shape index (κ3) is 3.89. The van der Waals surface area contributed by atoms with Crippen molar-refractivity contribution in [2.45, 2.75) is 86.7 Å². The SMILES string of the molecule is CC(=O)C1=C(O)C(C(C)C)[C@@]2(C)[C@H](CC(=O)CC(C)(C)C)[C@]3(C)C(=C(O)[C@@]2(O)C1=O)C(=O)c1c(O)cccc1[C@H]3C. The number of carbonyl (C=O) groups is 4. The number of aliphatic hydroxyl groups is 3. The van der Waals surface area contributed by atoms with Gasteiger partial charge in [0.05, 0.1) is 5.56 Å². The van der Waals surface area contributed by atoms with Crippen LogP contribution in [0.4, 0.5) is 0 Å². The lowest BCUT2D eigenvalue weighted by atomic mass is 9.38. The highest BCUT2D eigenvalue weighted by Crippen LogP contribution is 2.71. The average Bonchev–Trinajstić information content (AvgIpc) is 2.82. The van der Waals surface area contributed by atoms with Crippen molar-refractivity contribution in [3.63, 3.8) is 0 Å². The number of hydrogen-bond donors (Lipinski definition) is 4. The van der Waals surface area contributed by atoms with Crippen LogP contribution in [0.1, 0.15) is 97.0 Å². The normalized spacial score (nSPS) is 33.5. The quantitative estimate of drug-likeness (QED) is 0.340. The number of benzene rings is 1. The van der Waals surface area contributed by atoms with E-state index in [1.807, 2.05) is 27.7 Å². The number of aromatic hydroxyl groups is 1. The van der Waals surface area contributed by atoms with E-state index in [9.17, 15) is 39.6 Å². The largest absolute Gasteiger partial charge is 0.511 e. The van der Waals surface area contributed by atoms with Gasteiger partial charge >= 0.3 is 0 Å². The van der Waals surface area contributed by atoms with E-state index in [0.29, 0.717) is 5.56 Å². The maximum Gasteiger partial charge on any atom is 0.209 e. The highest BCUT2D eigenvalue weighted by molar-refractivity contribution is 6.25. The standard InChI is InChI=1S/C33H42O8/c1-15(2)24-26(37)22(17(4)34)28(39)33(41)29(40)25-27(38)23-19(11-10-12-20(23)36)16(3)31(25,8)21(32(24,33)9)13-18(35)14-30(5,6)7/h10-12,15-16,21,24,36-37,40-41H,13-14H2,1-9H3/t16-,21-,24?,31-,32-,33+/m1/s1. The third-order valence-electron chi connectivity index (χ3n) is 10.2. The van der Waals surface area contributed by atoms with E-state index in [4.69, 9.17) is 0 Å². The van der Waals surface area contributed by atoms with Crippen molar-refractivity contribution in [2.75, 3.05) is 0 Å². The zero-order chi connectivity index (χ0) is 31.2. The predicted molar refractivity (Wildman–Crippen MR) is 153 cm³/mol. The van der Waals surface area contributed by atoms with Crippen molar-refractivity contribution in [2.24, 2.45) is 34.0 Å². The molecule has 8 nitrogen and oxygen atoms in total. The minimum absolute atomic E-state index is 0.0418. The summed E-state index contributed by atoms with van der Waals surface area (Å²) in [6.45, 7) is 15.6. The van der Waals surface area contributed by atoms with E-state index in [1.54, 1.807) is 39.8 Å². The topological polar surface area (TPSA) is 149 Å². The predicted octanol–water partition coefficient (Wildman–Crippen LogP) is 5.53. The zero-order valence-electron chi connectivity index (χ0n) is 25.4. The molecular weight excluding hydrogens is 524 g/mol. The van der Waals surface area contributed by atoms with Crippen molar-refractivity contribution >= 4 is 23.1 Å². The molecule has 6 atom stereocenters. The summed E-state index contributed by atoms with van der Waals surface area (Å²) < 4.78 is 0. The van der Waals surface area contributed by atoms with Crippen LogP contribution in [-0.2, 0) is 14.4 Å². The van der Waals surface area contributed by atoms with Crippen molar-refractivity contribution in [1.82, 2.24) is 0 Å². The maximum absolute atomic E-state index is 14.2. The van der Waals surface area contributed by atoms with Gasteiger partial charge in [-0.15, -0.1) is 0 Å². The van der Waals surface area contributed by atoms with Crippen LogP contribution in [0.25, 0.3) is 0 Å². The smallest absolute Gasteiger partial charge is 0.209 e. The van der Waals surface area contributed by atoms with E-state index < -0.39 is 74.5 Å². The highest BCUT2D eigenvalue weighted by atomic mass is 16.3. The first kappa shape index (κ1) is 30.7. The molecule has 0 aromatic heterocycles. The molecule has 0 amide bonds. The summed E-state index contributed by atoms with van der Waals surface area (Å²) in [7, 11) is 0. The lowest BCUT2D eigenvalue weighted by Gasteiger charge is -2.65. The summed E-state index contributed by atoms with van der Waals surface area (Å²) in [5, 5.41) is 46.8. The lowest BCUT2D eigenvalue weighted by Crippen LogP contribution is -2.71. The molecule has 222 valence electrons. The number of allylic oxidation sites excluding steroid dienone is 2. The molecule has 1 aromatic rings. The molecule has 3 aliphatic rings. The van der Waals surface area contributed by atoms with E-state index in [0.717, 1.165) is 6.92 Å². The van der Waals surface area contributed by atoms with Crippen LogP contribution >= 0.6 is 0 Å². The van der Waals surface area contributed by atoms with Crippen LogP contribution in [-0.4, -0.2) is 49.2 Å². The first-order chi connectivity index (χ1) is 18.7. The van der Waals surface area contributed by atoms with Crippen molar-refractivity contribution in [1.29, 1.82) is 0 Å². The highest BCUT2D eigenvalue weighted by Gasteiger charge is 2.75. The van der Waals surface area contributed by atoms with Crippen molar-refractivity contribution < 1.29 is 39.6 Å². The molecule has 1 unspecified atom stereocenters. The van der Waals surface area contributed by atoms with E-state index in [-0.39, 0.29) is 40.9 Å². The Kier molecular flexibility index (Phi) is 7.02. The fourth-order valence-corrected chi connectivity index (χ4v) is 8.42. The van der Waals surface area contributed by atoms with Gasteiger partial charge in [0.2, 0.25) is 5.78 Å². The van der Waals surface area contributed by atoms with E-state index >= 15 is 0 Å². The maximum atomic E-state index is 14.2. The molecule has 0 fully saturated rings. The van der Waals surface area contributed by atoms with Gasteiger partial charge in [-0.05, 0) is 41.7 Å². The number of phenolic OH excluding ortho intramolecular Hbond substituents is 1. The number of rotatable bonds is 5. The van der Waals surface area contributed by atoms with Crippen molar-refractivity contribution in [3.05, 3.63) is 52.0 Å². The van der Waals surface area contributed by atoms with Gasteiger partial charge in [-0.25, -0.2) is 0 Å². The summed E-state index contributed by atoms with van der Waals surface area (Å²) in [4.78, 5) is 54.8. The van der Waals surface area contributed by atoms with Gasteiger partial charge in [-0.2, -0.15) is 0 Å². The molecule has 0 bridgehead atoms. The van der Waals surface area contributed by atoms with Crippen LogP contribution in [0.3, 0.4) is 0 Å². The van der Waals surface area contributed by atoms with Gasteiger partial charge in [0.25, 0.3) is 0 Å². The number of hydrogen-bond acceptors (Lipinski definition) is 8. The van der Waals surface area contributed by atoms with E-state index in [1.165, 1.54) is 6.07 Å². The number of aliphatic hydroxyl groups excluding tert-OH is 2. The molecule has 0 radical (unpaired) electrons. The van der Waals surface area contributed by atoms with Crippen LogP contribution in [0.15, 0.2) is 40.9 Å². The Labute approximate surface area is 241 Å². The molecule has 0 saturated heterocycles. The summed E-state index contributed by atoms with van der Waals surface area (Å²) in [5.41, 5.74) is -6.60. The second-order valence-corrected chi connectivity index (χ2v) is 14.2. The third-order valence-corrected chi connectivity index (χ3v) is 10.2. The molecule has 1 aromatic carbocycles. The van der Waals surface area contributed by atoms with Crippen LogP contribution < -0.4 is 0 Å². The summed E-state index contributed by atoms with van der Waals surface area (Å²) >= 11 is 0. The van der Waals surface area contributed by atoms with Gasteiger partial charge in [0.1, 0.15) is 28.6 Å². The Morgan fingerprint density at radius 1 is 1.05 bits per heavy atom. The number of carbonyl (C=O) groups excluding carboxylic acids is 4. The molecule has 0 spiro atoms. The van der Waals surface area contributed by atoms with Crippen LogP contribution in [0, 0.1) is 34.0 Å². The number of fused-ring (bicyclic) bond motifs is 3. The molecule has 3 aliphatic carbocycles. The molecule has 4 rings (SSSR count). The first-order valence-electron chi connectivity index (χ1n) is 14.2. The Morgan fingerprint density at radius 2 is 1.63 bits per heavy atom. The monoisotopic (exact) mass is 566 g/mol. The van der Waals surface area contributed by atoms with Gasteiger partial charge < -0.3 is 20.4 Å². The van der Waals surface area contributed by atoms with Crippen molar-refractivity contribution in [3.8, 4) is 5.75 Å². The van der Waals surface area contributed by atoms with Crippen LogP contribution in [0.5, 0.6) is 5.75 Å². The Morgan fingerprint density at radius 3 is 2.15 bits per heavy atom. The molecule has 8 heteroatoms. The molecule has 0 saturated carbocycles. The van der Waals surface area contributed by atoms with Gasteiger partial charge in [-0.3, -0.25) is 19.2 Å². The minimum Gasteiger partial charge on any atom is -0.511 e. The fourth-order valence-electron chi connectivity index (χ4n) is 8.42. The molecule has 4 N–H and O–H groups in total. The second-order valence-electron chi connectivity index (χ2n) is 14.2.